The number of methoxy groups -OCH3 is 1. The lowest BCUT2D eigenvalue weighted by atomic mass is 9.74. The molecule has 25 heavy (non-hydrogen) atoms. The summed E-state index contributed by atoms with van der Waals surface area (Å²) in [5.74, 6) is 0.969. The van der Waals surface area contributed by atoms with Crippen molar-refractivity contribution in [1.29, 1.82) is 0 Å². The molecular weight excluding hydrogens is 334 g/mol. The number of hydrogen-bond acceptors (Lipinski definition) is 4. The molecule has 134 valence electrons. The van der Waals surface area contributed by atoms with E-state index in [2.05, 4.69) is 28.9 Å². The van der Waals surface area contributed by atoms with Crippen LogP contribution in [0.2, 0.25) is 0 Å². The number of carbonyl (C=O) groups excluding carboxylic acids is 1. The first-order valence-electron chi connectivity index (χ1n) is 8.72. The minimum absolute atomic E-state index is 0.0530. The molecule has 0 aliphatic carbocycles. The van der Waals surface area contributed by atoms with E-state index < -0.39 is 0 Å². The third kappa shape index (κ3) is 4.61. The fraction of sp³-hybridized carbons (Fsp3) is 0.450. The van der Waals surface area contributed by atoms with Crippen molar-refractivity contribution in [3.05, 3.63) is 52.2 Å². The van der Waals surface area contributed by atoms with E-state index in [9.17, 15) is 4.79 Å². The number of hydrogen-bond donors (Lipinski definition) is 1. The zero-order valence-electron chi connectivity index (χ0n) is 14.6. The van der Waals surface area contributed by atoms with Crippen molar-refractivity contribution < 1.29 is 14.3 Å². The summed E-state index contributed by atoms with van der Waals surface area (Å²) in [6.45, 7) is 2.12. The molecule has 0 atom stereocenters. The molecular formula is C20H25NO3S. The predicted octanol–water partition coefficient (Wildman–Crippen LogP) is 3.55. The molecule has 2 aromatic rings. The quantitative estimate of drug-likeness (QED) is 0.822. The lowest BCUT2D eigenvalue weighted by Gasteiger charge is -2.38. The standard InChI is InChI=1S/C20H25NO3S/c1-23-18-5-3-17(4-6-18)20(9-11-24-12-10-20)15-21-19(22)7-2-16-8-13-25-14-16/h3-6,8,13-14H,2,7,9-12,15H2,1H3,(H,21,22). The molecule has 1 aliphatic heterocycles. The number of thiophene rings is 1. The van der Waals surface area contributed by atoms with E-state index in [1.165, 1.54) is 11.1 Å². The lowest BCUT2D eigenvalue weighted by molar-refractivity contribution is -0.121. The summed E-state index contributed by atoms with van der Waals surface area (Å²) in [6.07, 6.45) is 3.17. The van der Waals surface area contributed by atoms with Gasteiger partial charge in [-0.2, -0.15) is 11.3 Å². The molecule has 1 fully saturated rings. The van der Waals surface area contributed by atoms with Crippen LogP contribution in [0.15, 0.2) is 41.1 Å². The lowest BCUT2D eigenvalue weighted by Crippen LogP contribution is -2.44. The van der Waals surface area contributed by atoms with E-state index in [1.54, 1.807) is 18.4 Å². The number of benzene rings is 1. The van der Waals surface area contributed by atoms with Crippen LogP contribution in [0.5, 0.6) is 5.75 Å². The van der Waals surface area contributed by atoms with Crippen molar-refractivity contribution in [3.8, 4) is 5.75 Å². The molecule has 1 N–H and O–H groups in total. The number of rotatable bonds is 7. The molecule has 0 bridgehead atoms. The van der Waals surface area contributed by atoms with Crippen molar-refractivity contribution in [2.24, 2.45) is 0 Å². The molecule has 0 unspecified atom stereocenters. The zero-order chi connectivity index (χ0) is 17.5. The van der Waals surface area contributed by atoms with Crippen LogP contribution in [0.3, 0.4) is 0 Å². The summed E-state index contributed by atoms with van der Waals surface area (Å²) in [5.41, 5.74) is 2.42. The summed E-state index contributed by atoms with van der Waals surface area (Å²) in [5, 5.41) is 7.31. The summed E-state index contributed by atoms with van der Waals surface area (Å²) < 4.78 is 10.8. The van der Waals surface area contributed by atoms with E-state index in [4.69, 9.17) is 9.47 Å². The van der Waals surface area contributed by atoms with E-state index in [0.717, 1.165) is 38.2 Å². The van der Waals surface area contributed by atoms with E-state index >= 15 is 0 Å². The van der Waals surface area contributed by atoms with Crippen molar-refractivity contribution in [3.63, 3.8) is 0 Å². The molecule has 0 radical (unpaired) electrons. The van der Waals surface area contributed by atoms with Gasteiger partial charge in [0.25, 0.3) is 0 Å². The van der Waals surface area contributed by atoms with Crippen molar-refractivity contribution in [2.45, 2.75) is 31.1 Å². The topological polar surface area (TPSA) is 47.6 Å². The first-order chi connectivity index (χ1) is 12.2. The summed E-state index contributed by atoms with van der Waals surface area (Å²) >= 11 is 1.67. The fourth-order valence-electron chi connectivity index (χ4n) is 3.32. The predicted molar refractivity (Wildman–Crippen MR) is 100 cm³/mol. The second-order valence-electron chi connectivity index (χ2n) is 6.53. The number of nitrogens with one attached hydrogen (secondary N) is 1. The monoisotopic (exact) mass is 359 g/mol. The van der Waals surface area contributed by atoms with Gasteiger partial charge < -0.3 is 14.8 Å². The third-order valence-corrected chi connectivity index (χ3v) is 5.73. The molecule has 0 spiro atoms. The van der Waals surface area contributed by atoms with Crippen molar-refractivity contribution in [2.75, 3.05) is 26.9 Å². The van der Waals surface area contributed by atoms with Crippen LogP contribution in [0, 0.1) is 0 Å². The van der Waals surface area contributed by atoms with Crippen LogP contribution < -0.4 is 10.1 Å². The second kappa shape index (κ2) is 8.50. The molecule has 1 aliphatic rings. The highest BCUT2D eigenvalue weighted by Crippen LogP contribution is 2.35. The van der Waals surface area contributed by atoms with Crippen LogP contribution in [0.25, 0.3) is 0 Å². The SMILES string of the molecule is COc1ccc(C2(CNC(=O)CCc3ccsc3)CCOCC2)cc1. The Morgan fingerprint density at radius 1 is 1.24 bits per heavy atom. The maximum Gasteiger partial charge on any atom is 0.220 e. The van der Waals surface area contributed by atoms with Crippen molar-refractivity contribution in [1.82, 2.24) is 5.32 Å². The largest absolute Gasteiger partial charge is 0.497 e. The first kappa shape index (κ1) is 18.0. The molecule has 1 amide bonds. The normalized spacial score (nSPS) is 16.4. The average Bonchev–Trinajstić information content (AvgIpc) is 3.19. The number of aryl methyl sites for hydroxylation is 1. The van der Waals surface area contributed by atoms with Gasteiger partial charge in [0.05, 0.1) is 7.11 Å². The summed E-state index contributed by atoms with van der Waals surface area (Å²) in [4.78, 5) is 12.3. The van der Waals surface area contributed by atoms with Gasteiger partial charge in [-0.25, -0.2) is 0 Å². The van der Waals surface area contributed by atoms with Gasteiger partial charge in [0.15, 0.2) is 0 Å². The molecule has 2 heterocycles. The van der Waals surface area contributed by atoms with Crippen LogP contribution in [0.4, 0.5) is 0 Å². The Morgan fingerprint density at radius 3 is 2.64 bits per heavy atom. The van der Waals surface area contributed by atoms with Gasteiger partial charge in [0, 0.05) is 31.6 Å². The molecule has 4 nitrogen and oxygen atoms in total. The fourth-order valence-corrected chi connectivity index (χ4v) is 4.03. The zero-order valence-corrected chi connectivity index (χ0v) is 15.4. The highest BCUT2D eigenvalue weighted by Gasteiger charge is 2.34. The van der Waals surface area contributed by atoms with Crippen molar-refractivity contribution >= 4 is 17.2 Å². The van der Waals surface area contributed by atoms with Gasteiger partial charge in [-0.05, 0) is 59.3 Å². The number of amides is 1. The van der Waals surface area contributed by atoms with E-state index in [1.807, 2.05) is 17.5 Å². The average molecular weight is 359 g/mol. The molecule has 1 aromatic carbocycles. The summed E-state index contributed by atoms with van der Waals surface area (Å²) in [6, 6.07) is 10.3. The van der Waals surface area contributed by atoms with E-state index in [0.29, 0.717) is 13.0 Å². The van der Waals surface area contributed by atoms with Gasteiger partial charge in [0.1, 0.15) is 5.75 Å². The highest BCUT2D eigenvalue weighted by atomic mass is 32.1. The Labute approximate surface area is 153 Å². The third-order valence-electron chi connectivity index (χ3n) is 5.00. The van der Waals surface area contributed by atoms with Crippen LogP contribution >= 0.6 is 11.3 Å². The molecule has 5 heteroatoms. The molecule has 3 rings (SSSR count). The second-order valence-corrected chi connectivity index (χ2v) is 7.31. The minimum Gasteiger partial charge on any atom is -0.497 e. The van der Waals surface area contributed by atoms with Gasteiger partial charge in [-0.1, -0.05) is 12.1 Å². The smallest absolute Gasteiger partial charge is 0.220 e. The minimum atomic E-state index is -0.0530. The van der Waals surface area contributed by atoms with Gasteiger partial charge in [0.2, 0.25) is 5.91 Å². The van der Waals surface area contributed by atoms with Gasteiger partial charge in [-0.3, -0.25) is 4.79 Å². The highest BCUT2D eigenvalue weighted by molar-refractivity contribution is 7.07. The Balaban J connectivity index is 1.62. The number of carbonyl (C=O) groups is 1. The van der Waals surface area contributed by atoms with Gasteiger partial charge >= 0.3 is 0 Å². The Bertz CT molecular complexity index is 661. The van der Waals surface area contributed by atoms with Crippen LogP contribution in [-0.2, 0) is 21.4 Å². The maximum absolute atomic E-state index is 12.3. The van der Waals surface area contributed by atoms with Gasteiger partial charge in [-0.15, -0.1) is 0 Å². The maximum atomic E-state index is 12.3. The Kier molecular flexibility index (Phi) is 6.10. The first-order valence-corrected chi connectivity index (χ1v) is 9.66. The number of ether oxygens (including phenoxy) is 2. The molecule has 1 aromatic heterocycles. The molecule has 1 saturated heterocycles. The Hall–Kier alpha value is -1.85. The van der Waals surface area contributed by atoms with E-state index in [-0.39, 0.29) is 11.3 Å². The van der Waals surface area contributed by atoms with Crippen LogP contribution in [0.1, 0.15) is 30.4 Å². The summed E-state index contributed by atoms with van der Waals surface area (Å²) in [7, 11) is 1.67. The van der Waals surface area contributed by atoms with Crippen LogP contribution in [-0.4, -0.2) is 32.8 Å². The Morgan fingerprint density at radius 2 is 2.00 bits per heavy atom. The molecule has 0 saturated carbocycles.